The lowest BCUT2D eigenvalue weighted by Gasteiger charge is -2.21. The van der Waals surface area contributed by atoms with Gasteiger partial charge < -0.3 is 19.9 Å². The van der Waals surface area contributed by atoms with E-state index in [2.05, 4.69) is 29.0 Å². The minimum Gasteiger partial charge on any atom is -0.491 e. The van der Waals surface area contributed by atoms with Crippen molar-refractivity contribution in [2.45, 2.75) is 46.0 Å². The maximum atomic E-state index is 12.4. The summed E-state index contributed by atoms with van der Waals surface area (Å²) in [6, 6.07) is 5.59. The minimum atomic E-state index is -0.207. The lowest BCUT2D eigenvalue weighted by atomic mass is 10.2. The fourth-order valence-electron chi connectivity index (χ4n) is 3.40. The van der Waals surface area contributed by atoms with Crippen LogP contribution in [0.3, 0.4) is 0 Å². The van der Waals surface area contributed by atoms with E-state index < -0.39 is 0 Å². The molecule has 1 aromatic carbocycles. The van der Waals surface area contributed by atoms with E-state index in [4.69, 9.17) is 27.9 Å². The Labute approximate surface area is 201 Å². The van der Waals surface area contributed by atoms with Crippen molar-refractivity contribution in [1.29, 1.82) is 0 Å². The van der Waals surface area contributed by atoms with Gasteiger partial charge in [0.15, 0.2) is 5.76 Å². The number of rotatable bonds is 14. The molecule has 0 unspecified atom stereocenters. The van der Waals surface area contributed by atoms with Gasteiger partial charge in [-0.25, -0.2) is 0 Å². The van der Waals surface area contributed by atoms with Crippen molar-refractivity contribution in [1.82, 2.24) is 15.2 Å². The number of halogens is 2. The molecule has 32 heavy (non-hydrogen) atoms. The average molecular weight is 480 g/mol. The summed E-state index contributed by atoms with van der Waals surface area (Å²) < 4.78 is 5.27. The van der Waals surface area contributed by atoms with E-state index in [0.717, 1.165) is 42.7 Å². The van der Waals surface area contributed by atoms with Crippen molar-refractivity contribution in [3.05, 3.63) is 51.8 Å². The number of ether oxygens (including phenoxy) is 1. The molecule has 0 atom stereocenters. The maximum absolute atomic E-state index is 12.4. The summed E-state index contributed by atoms with van der Waals surface area (Å²) in [7, 11) is 1.50. The summed E-state index contributed by atoms with van der Waals surface area (Å²) in [6.45, 7) is 8.32. The van der Waals surface area contributed by atoms with Gasteiger partial charge in [0, 0.05) is 23.1 Å². The second-order valence-corrected chi connectivity index (χ2v) is 8.65. The molecule has 0 aliphatic rings. The van der Waals surface area contributed by atoms with Crippen LogP contribution in [0.15, 0.2) is 36.1 Å². The normalized spacial score (nSPS) is 12.2. The molecule has 0 spiro atoms. The van der Waals surface area contributed by atoms with Crippen LogP contribution in [0.4, 0.5) is 0 Å². The molecule has 0 saturated heterocycles. The number of fused-ring (bicyclic) bond motifs is 1. The van der Waals surface area contributed by atoms with Crippen LogP contribution in [-0.2, 0) is 9.53 Å². The summed E-state index contributed by atoms with van der Waals surface area (Å²) in [5.74, 6) is 0.0679. The second kappa shape index (κ2) is 14.2. The van der Waals surface area contributed by atoms with Crippen LogP contribution in [0.1, 0.15) is 51.6 Å². The number of hydrogen-bond acceptors (Lipinski definition) is 3. The molecule has 176 valence electrons. The van der Waals surface area contributed by atoms with Crippen molar-refractivity contribution < 1.29 is 9.53 Å². The van der Waals surface area contributed by atoms with Crippen LogP contribution in [0.5, 0.6) is 0 Å². The number of carbonyl (C=O) groups excluding carboxylic acids is 1. The number of methoxy groups -OCH3 is 1. The Kier molecular flexibility index (Phi) is 11.7. The van der Waals surface area contributed by atoms with Crippen LogP contribution >= 0.6 is 23.2 Å². The van der Waals surface area contributed by atoms with Gasteiger partial charge in [-0.05, 0) is 69.2 Å². The van der Waals surface area contributed by atoms with Crippen LogP contribution in [0.2, 0.25) is 10.0 Å². The maximum Gasteiger partial charge on any atom is 0.286 e. The van der Waals surface area contributed by atoms with E-state index in [9.17, 15) is 4.79 Å². The monoisotopic (exact) mass is 479 g/mol. The van der Waals surface area contributed by atoms with E-state index in [1.165, 1.54) is 32.8 Å². The van der Waals surface area contributed by atoms with Gasteiger partial charge in [0.2, 0.25) is 0 Å². The standard InChI is InChI=1S/C25H35Cl2N3O2/c1-4-6-13-30(14-7-5-2)15-9-12-28-25(31)24(32-3)11-8-10-20-16-19-17-21(26)22(27)18-23(19)29-20/h8,10-11,16-18,29H,4-7,9,12-15H2,1-3H3,(H,28,31). The van der Waals surface area contributed by atoms with Gasteiger partial charge in [0.25, 0.3) is 5.91 Å². The van der Waals surface area contributed by atoms with E-state index in [1.807, 2.05) is 18.2 Å². The Morgan fingerprint density at radius 1 is 1.06 bits per heavy atom. The highest BCUT2D eigenvalue weighted by molar-refractivity contribution is 6.42. The molecule has 2 N–H and O–H groups in total. The van der Waals surface area contributed by atoms with Crippen LogP contribution in [0.25, 0.3) is 17.0 Å². The number of hydrogen-bond donors (Lipinski definition) is 2. The highest BCUT2D eigenvalue weighted by Gasteiger charge is 2.09. The van der Waals surface area contributed by atoms with Crippen LogP contribution < -0.4 is 5.32 Å². The molecule has 0 bridgehead atoms. The van der Waals surface area contributed by atoms with Gasteiger partial charge in [-0.2, -0.15) is 0 Å². The summed E-state index contributed by atoms with van der Waals surface area (Å²) >= 11 is 12.1. The zero-order valence-electron chi connectivity index (χ0n) is 19.3. The van der Waals surface area contributed by atoms with Crippen molar-refractivity contribution >= 4 is 46.1 Å². The Morgan fingerprint density at radius 3 is 2.38 bits per heavy atom. The molecule has 7 heteroatoms. The predicted octanol–water partition coefficient (Wildman–Crippen LogP) is 6.43. The first kappa shape index (κ1) is 26.3. The number of aromatic nitrogens is 1. The Bertz CT molecular complexity index is 874. The Hall–Kier alpha value is -1.95. The third-order valence-corrected chi connectivity index (χ3v) is 5.96. The first-order valence-corrected chi connectivity index (χ1v) is 12.1. The van der Waals surface area contributed by atoms with E-state index in [0.29, 0.717) is 16.6 Å². The van der Waals surface area contributed by atoms with Gasteiger partial charge in [-0.3, -0.25) is 4.79 Å². The summed E-state index contributed by atoms with van der Waals surface area (Å²) in [5, 5.41) is 4.95. The molecule has 1 amide bonds. The molecule has 0 radical (unpaired) electrons. The topological polar surface area (TPSA) is 57.4 Å². The van der Waals surface area contributed by atoms with Crippen molar-refractivity contribution in [2.75, 3.05) is 33.3 Å². The molecule has 2 aromatic rings. The molecule has 0 aliphatic carbocycles. The Balaban J connectivity index is 1.86. The SMILES string of the molecule is CCCCN(CCCC)CCCNC(=O)C(=CC=Cc1cc2cc(Cl)c(Cl)cc2[nH]1)OC. The van der Waals surface area contributed by atoms with Crippen molar-refractivity contribution in [3.8, 4) is 0 Å². The highest BCUT2D eigenvalue weighted by Crippen LogP contribution is 2.28. The quantitative estimate of drug-likeness (QED) is 0.142. The second-order valence-electron chi connectivity index (χ2n) is 7.83. The molecule has 2 rings (SSSR count). The van der Waals surface area contributed by atoms with Crippen LogP contribution in [-0.4, -0.2) is 49.1 Å². The molecule has 0 saturated carbocycles. The third-order valence-electron chi connectivity index (χ3n) is 5.24. The first-order chi connectivity index (χ1) is 15.5. The van der Waals surface area contributed by atoms with Crippen LogP contribution in [0, 0.1) is 0 Å². The number of amides is 1. The lowest BCUT2D eigenvalue weighted by Crippen LogP contribution is -2.32. The zero-order valence-corrected chi connectivity index (χ0v) is 20.9. The third kappa shape index (κ3) is 8.53. The number of nitrogens with one attached hydrogen (secondary N) is 2. The molecule has 5 nitrogen and oxygen atoms in total. The van der Waals surface area contributed by atoms with Gasteiger partial charge in [0.1, 0.15) is 0 Å². The smallest absolute Gasteiger partial charge is 0.286 e. The number of nitrogens with zero attached hydrogens (tertiary/aromatic N) is 1. The van der Waals surface area contributed by atoms with Crippen molar-refractivity contribution in [2.24, 2.45) is 0 Å². The van der Waals surface area contributed by atoms with Crippen molar-refractivity contribution in [3.63, 3.8) is 0 Å². The van der Waals surface area contributed by atoms with Gasteiger partial charge in [-0.1, -0.05) is 56.0 Å². The molecular formula is C25H35Cl2N3O2. The van der Waals surface area contributed by atoms with E-state index in [-0.39, 0.29) is 11.7 Å². The fraction of sp³-hybridized carbons (Fsp3) is 0.480. The minimum absolute atomic E-state index is 0.207. The van der Waals surface area contributed by atoms with E-state index >= 15 is 0 Å². The van der Waals surface area contributed by atoms with E-state index in [1.54, 1.807) is 18.2 Å². The average Bonchev–Trinajstić information content (AvgIpc) is 3.16. The molecule has 1 aromatic heterocycles. The summed E-state index contributed by atoms with van der Waals surface area (Å²) in [5.41, 5.74) is 1.78. The number of aromatic amines is 1. The number of benzene rings is 1. The summed E-state index contributed by atoms with van der Waals surface area (Å²) in [4.78, 5) is 18.2. The number of H-pyrrole nitrogens is 1. The Morgan fingerprint density at radius 2 is 1.72 bits per heavy atom. The van der Waals surface area contributed by atoms with Gasteiger partial charge in [-0.15, -0.1) is 0 Å². The number of unbranched alkanes of at least 4 members (excludes halogenated alkanes) is 2. The largest absolute Gasteiger partial charge is 0.491 e. The zero-order chi connectivity index (χ0) is 23.3. The number of allylic oxidation sites excluding steroid dienone is 2. The lowest BCUT2D eigenvalue weighted by molar-refractivity contribution is -0.120. The summed E-state index contributed by atoms with van der Waals surface area (Å²) in [6.07, 6.45) is 11.1. The molecular weight excluding hydrogens is 445 g/mol. The van der Waals surface area contributed by atoms with Gasteiger partial charge in [0.05, 0.1) is 17.2 Å². The molecule has 0 fully saturated rings. The molecule has 1 heterocycles. The molecule has 0 aliphatic heterocycles. The highest BCUT2D eigenvalue weighted by atomic mass is 35.5. The fourth-order valence-corrected chi connectivity index (χ4v) is 3.74. The predicted molar refractivity (Wildman–Crippen MR) is 136 cm³/mol. The first-order valence-electron chi connectivity index (χ1n) is 11.4. The number of carbonyl (C=O) groups is 1. The van der Waals surface area contributed by atoms with Gasteiger partial charge >= 0.3 is 0 Å².